The van der Waals surface area contributed by atoms with Crippen LogP contribution in [0.25, 0.3) is 0 Å². The van der Waals surface area contributed by atoms with E-state index in [1.807, 2.05) is 16.7 Å². The van der Waals surface area contributed by atoms with E-state index in [0.717, 1.165) is 44.6 Å². The Morgan fingerprint density at radius 1 is 1.23 bits per heavy atom. The lowest BCUT2D eigenvalue weighted by atomic mass is 9.97. The maximum atomic E-state index is 13.0. The monoisotopic (exact) mass is 302 g/mol. The molecule has 2 atom stereocenters. The fourth-order valence-electron chi connectivity index (χ4n) is 3.60. The first-order valence-electron chi connectivity index (χ1n) is 7.67. The first-order valence-corrected chi connectivity index (χ1v) is 7.67. The van der Waals surface area contributed by atoms with Crippen LogP contribution in [0.4, 0.5) is 4.39 Å². The van der Waals surface area contributed by atoms with Crippen molar-refractivity contribution in [1.29, 1.82) is 0 Å². The summed E-state index contributed by atoms with van der Waals surface area (Å²) in [7, 11) is 0. The number of halogens is 1. The molecule has 1 aromatic carbocycles. The minimum Gasteiger partial charge on any atom is -0.371 e. The maximum absolute atomic E-state index is 13.0. The Bertz CT molecular complexity index is 630. The number of aromatic nitrogens is 3. The van der Waals surface area contributed by atoms with Crippen molar-refractivity contribution in [2.24, 2.45) is 0 Å². The van der Waals surface area contributed by atoms with Gasteiger partial charge in [-0.3, -0.25) is 4.90 Å². The molecule has 0 amide bonds. The summed E-state index contributed by atoms with van der Waals surface area (Å²) >= 11 is 0. The van der Waals surface area contributed by atoms with Gasteiger partial charge in [-0.2, -0.15) is 0 Å². The van der Waals surface area contributed by atoms with Crippen LogP contribution in [-0.4, -0.2) is 45.0 Å². The molecule has 0 unspecified atom stereocenters. The van der Waals surface area contributed by atoms with Crippen LogP contribution in [0.3, 0.4) is 0 Å². The molecule has 2 fully saturated rings. The van der Waals surface area contributed by atoms with Crippen LogP contribution in [0, 0.1) is 5.82 Å². The van der Waals surface area contributed by atoms with Crippen molar-refractivity contribution < 1.29 is 9.13 Å². The van der Waals surface area contributed by atoms with Gasteiger partial charge >= 0.3 is 0 Å². The molecule has 116 valence electrons. The third-order valence-electron chi connectivity index (χ3n) is 4.76. The van der Waals surface area contributed by atoms with Gasteiger partial charge < -0.3 is 9.30 Å². The molecule has 0 radical (unpaired) electrons. The summed E-state index contributed by atoms with van der Waals surface area (Å²) < 4.78 is 21.2. The van der Waals surface area contributed by atoms with E-state index in [0.29, 0.717) is 6.04 Å². The van der Waals surface area contributed by atoms with E-state index in [1.54, 1.807) is 12.7 Å². The van der Waals surface area contributed by atoms with E-state index in [-0.39, 0.29) is 11.4 Å². The number of ether oxygens (including phenoxy) is 1. The molecule has 4 rings (SSSR count). The minimum absolute atomic E-state index is 0.0467. The quantitative estimate of drug-likeness (QED) is 0.870. The molecule has 0 N–H and O–H groups in total. The molecule has 2 saturated heterocycles. The zero-order valence-electron chi connectivity index (χ0n) is 12.4. The Morgan fingerprint density at radius 3 is 2.77 bits per heavy atom. The van der Waals surface area contributed by atoms with Gasteiger partial charge in [0, 0.05) is 26.1 Å². The van der Waals surface area contributed by atoms with Crippen molar-refractivity contribution in [3.05, 3.63) is 48.3 Å². The Balaban J connectivity index is 1.39. The average molecular weight is 302 g/mol. The van der Waals surface area contributed by atoms with Crippen molar-refractivity contribution in [2.45, 2.75) is 31.0 Å². The van der Waals surface area contributed by atoms with E-state index < -0.39 is 0 Å². The fraction of sp³-hybridized carbons (Fsp3) is 0.500. The zero-order chi connectivity index (χ0) is 15.0. The predicted molar refractivity (Wildman–Crippen MR) is 78.7 cm³/mol. The zero-order valence-corrected chi connectivity index (χ0v) is 12.4. The summed E-state index contributed by atoms with van der Waals surface area (Å²) in [6, 6.07) is 7.09. The van der Waals surface area contributed by atoms with E-state index in [2.05, 4.69) is 15.1 Å². The van der Waals surface area contributed by atoms with Gasteiger partial charge in [0.2, 0.25) is 0 Å². The van der Waals surface area contributed by atoms with Gasteiger partial charge in [0.25, 0.3) is 0 Å². The largest absolute Gasteiger partial charge is 0.371 e. The van der Waals surface area contributed by atoms with Gasteiger partial charge in [-0.25, -0.2) is 4.39 Å². The molecule has 6 heteroatoms. The second kappa shape index (κ2) is 5.44. The summed E-state index contributed by atoms with van der Waals surface area (Å²) in [6.45, 7) is 3.53. The number of rotatable bonds is 3. The highest BCUT2D eigenvalue weighted by Crippen LogP contribution is 2.40. The SMILES string of the molecule is Fc1ccc(CN2CC[C@@]3(C[C@H](n4cnnc4)CO3)C2)cc1. The van der Waals surface area contributed by atoms with E-state index in [9.17, 15) is 4.39 Å². The van der Waals surface area contributed by atoms with Crippen LogP contribution < -0.4 is 0 Å². The van der Waals surface area contributed by atoms with Gasteiger partial charge in [0.15, 0.2) is 0 Å². The molecule has 2 aromatic rings. The summed E-state index contributed by atoms with van der Waals surface area (Å²) in [6.07, 6.45) is 5.58. The maximum Gasteiger partial charge on any atom is 0.123 e. The van der Waals surface area contributed by atoms with Crippen molar-refractivity contribution >= 4 is 0 Å². The number of benzene rings is 1. The molecule has 1 aromatic heterocycles. The molecule has 5 nitrogen and oxygen atoms in total. The Labute approximate surface area is 128 Å². The van der Waals surface area contributed by atoms with Gasteiger partial charge in [0.05, 0.1) is 18.2 Å². The molecule has 0 aliphatic carbocycles. The summed E-state index contributed by atoms with van der Waals surface area (Å²) in [5, 5.41) is 7.75. The predicted octanol–water partition coefficient (Wildman–Crippen LogP) is 2.02. The molecule has 0 saturated carbocycles. The third-order valence-corrected chi connectivity index (χ3v) is 4.76. The normalized spacial score (nSPS) is 28.7. The Kier molecular flexibility index (Phi) is 3.43. The smallest absolute Gasteiger partial charge is 0.123 e. The number of hydrogen-bond acceptors (Lipinski definition) is 4. The Morgan fingerprint density at radius 2 is 2.00 bits per heavy atom. The van der Waals surface area contributed by atoms with Crippen molar-refractivity contribution in [3.63, 3.8) is 0 Å². The van der Waals surface area contributed by atoms with Gasteiger partial charge in [-0.1, -0.05) is 12.1 Å². The van der Waals surface area contributed by atoms with Gasteiger partial charge in [-0.15, -0.1) is 10.2 Å². The van der Waals surface area contributed by atoms with Gasteiger partial charge in [0.1, 0.15) is 18.5 Å². The number of hydrogen-bond donors (Lipinski definition) is 0. The fourth-order valence-corrected chi connectivity index (χ4v) is 3.60. The summed E-state index contributed by atoms with van der Waals surface area (Å²) in [5.41, 5.74) is 1.10. The van der Waals surface area contributed by atoms with Crippen LogP contribution in [0.5, 0.6) is 0 Å². The Hall–Kier alpha value is -1.79. The van der Waals surface area contributed by atoms with E-state index in [4.69, 9.17) is 4.74 Å². The molecular formula is C16H19FN4O. The molecule has 0 bridgehead atoms. The van der Waals surface area contributed by atoms with Crippen LogP contribution >= 0.6 is 0 Å². The highest BCUT2D eigenvalue weighted by molar-refractivity contribution is 5.16. The van der Waals surface area contributed by atoms with Crippen LogP contribution in [0.1, 0.15) is 24.4 Å². The average Bonchev–Trinajstić information content (AvgIpc) is 3.24. The number of likely N-dealkylation sites (tertiary alicyclic amines) is 1. The minimum atomic E-state index is -0.183. The summed E-state index contributed by atoms with van der Waals surface area (Å²) in [4.78, 5) is 2.39. The highest BCUT2D eigenvalue weighted by atomic mass is 19.1. The van der Waals surface area contributed by atoms with E-state index >= 15 is 0 Å². The first-order chi connectivity index (χ1) is 10.7. The van der Waals surface area contributed by atoms with Crippen molar-refractivity contribution in [1.82, 2.24) is 19.7 Å². The van der Waals surface area contributed by atoms with Crippen molar-refractivity contribution in [3.8, 4) is 0 Å². The lowest BCUT2D eigenvalue weighted by Crippen LogP contribution is -2.32. The van der Waals surface area contributed by atoms with E-state index in [1.165, 1.54) is 12.1 Å². The number of nitrogens with zero attached hydrogens (tertiary/aromatic N) is 4. The first kappa shape index (κ1) is 13.8. The molecule has 2 aliphatic rings. The van der Waals surface area contributed by atoms with Gasteiger partial charge in [-0.05, 0) is 24.1 Å². The molecule has 2 aliphatic heterocycles. The molecule has 3 heterocycles. The second-order valence-corrected chi connectivity index (χ2v) is 6.35. The van der Waals surface area contributed by atoms with Crippen molar-refractivity contribution in [2.75, 3.05) is 19.7 Å². The van der Waals surface area contributed by atoms with Crippen LogP contribution in [-0.2, 0) is 11.3 Å². The molecule has 22 heavy (non-hydrogen) atoms. The third kappa shape index (κ3) is 2.64. The van der Waals surface area contributed by atoms with Crippen LogP contribution in [0.15, 0.2) is 36.9 Å². The standard InChI is InChI=1S/C16H19FN4O/c17-14-3-1-13(2-4-14)8-20-6-5-16(10-20)7-15(9-22-16)21-11-18-19-12-21/h1-4,11-12,15H,5-10H2/t15-,16+/m0/s1. The highest BCUT2D eigenvalue weighted by Gasteiger charge is 2.45. The molecule has 1 spiro atoms. The van der Waals surface area contributed by atoms with Crippen LogP contribution in [0.2, 0.25) is 0 Å². The summed E-state index contributed by atoms with van der Waals surface area (Å²) in [5.74, 6) is -0.183. The molecular weight excluding hydrogens is 283 g/mol. The second-order valence-electron chi connectivity index (χ2n) is 6.35. The lowest BCUT2D eigenvalue weighted by Gasteiger charge is -2.23. The lowest BCUT2D eigenvalue weighted by molar-refractivity contribution is 0.0112. The topological polar surface area (TPSA) is 43.2 Å².